The van der Waals surface area contributed by atoms with E-state index < -0.39 is 35.1 Å². The van der Waals surface area contributed by atoms with Crippen LogP contribution in [0.25, 0.3) is 0 Å². The zero-order valence-corrected chi connectivity index (χ0v) is 26.8. The first-order valence-corrected chi connectivity index (χ1v) is 16.4. The SMILES string of the molecule is CC(C)(C)OC(=O)NCCOCCOCCNC(=O)OCCCC1C[C@@H]2O[C@]23[C@]2(O[C@H]2CC2C4=C(CC[C@@]23C)C(=O)OC4)[C@@H]1O. The van der Waals surface area contributed by atoms with Gasteiger partial charge in [0.05, 0.1) is 51.3 Å². The summed E-state index contributed by atoms with van der Waals surface area (Å²) in [6.07, 6.45) is 2.68. The van der Waals surface area contributed by atoms with E-state index in [2.05, 4.69) is 17.6 Å². The Hall–Kier alpha value is -2.45. The van der Waals surface area contributed by atoms with Crippen molar-refractivity contribution in [3.8, 4) is 0 Å². The molecule has 13 heteroatoms. The molecule has 2 saturated carbocycles. The Balaban J connectivity index is 0.841. The zero-order valence-electron chi connectivity index (χ0n) is 26.8. The predicted octanol–water partition coefficient (Wildman–Crippen LogP) is 2.38. The van der Waals surface area contributed by atoms with Gasteiger partial charge in [0, 0.05) is 24.1 Å². The quantitative estimate of drug-likeness (QED) is 0.118. The number of amides is 2. The van der Waals surface area contributed by atoms with Crippen LogP contribution in [0.2, 0.25) is 0 Å². The highest BCUT2D eigenvalue weighted by molar-refractivity contribution is 5.92. The third-order valence-corrected chi connectivity index (χ3v) is 10.6. The number of ether oxygens (including phenoxy) is 7. The molecule has 0 radical (unpaired) electrons. The number of nitrogens with one attached hydrogen (secondary N) is 2. The molecule has 45 heavy (non-hydrogen) atoms. The number of carbonyl (C=O) groups excluding carboxylic acids is 3. The Morgan fingerprint density at radius 2 is 1.69 bits per heavy atom. The molecule has 3 N–H and O–H groups in total. The summed E-state index contributed by atoms with van der Waals surface area (Å²) in [5.41, 5.74) is 0.0168. The minimum Gasteiger partial charge on any atom is -0.458 e. The number of epoxide rings is 2. The highest BCUT2D eigenvalue weighted by Gasteiger charge is 2.92. The molecule has 3 heterocycles. The number of hydrogen-bond acceptors (Lipinski definition) is 11. The molecule has 6 rings (SSSR count). The molecular weight excluding hydrogens is 588 g/mol. The summed E-state index contributed by atoms with van der Waals surface area (Å²) in [4.78, 5) is 35.9. The monoisotopic (exact) mass is 636 g/mol. The summed E-state index contributed by atoms with van der Waals surface area (Å²) in [5.74, 6) is -0.00229. The first-order chi connectivity index (χ1) is 21.4. The van der Waals surface area contributed by atoms with Crippen molar-refractivity contribution in [2.75, 3.05) is 52.7 Å². The van der Waals surface area contributed by atoms with Crippen molar-refractivity contribution in [1.29, 1.82) is 0 Å². The molecule has 2 saturated heterocycles. The number of carbonyl (C=O) groups is 3. The Morgan fingerprint density at radius 3 is 2.40 bits per heavy atom. The molecular formula is C32H48N2O11. The number of alkyl carbamates (subject to hydrolysis) is 2. The highest BCUT2D eigenvalue weighted by atomic mass is 16.7. The molecule has 252 valence electrons. The maximum Gasteiger partial charge on any atom is 0.407 e. The van der Waals surface area contributed by atoms with Crippen LogP contribution in [0.4, 0.5) is 9.59 Å². The maximum atomic E-state index is 12.2. The lowest BCUT2D eigenvalue weighted by molar-refractivity contribution is -0.136. The lowest BCUT2D eigenvalue weighted by atomic mass is 9.47. The van der Waals surface area contributed by atoms with E-state index in [4.69, 9.17) is 33.2 Å². The van der Waals surface area contributed by atoms with E-state index in [0.717, 1.165) is 30.4 Å². The van der Waals surface area contributed by atoms with Crippen molar-refractivity contribution < 1.29 is 52.6 Å². The second-order valence-electron chi connectivity index (χ2n) is 14.3. The predicted molar refractivity (Wildman–Crippen MR) is 157 cm³/mol. The molecule has 0 aromatic rings. The lowest BCUT2D eigenvalue weighted by Gasteiger charge is -2.53. The van der Waals surface area contributed by atoms with Crippen molar-refractivity contribution in [3.63, 3.8) is 0 Å². The van der Waals surface area contributed by atoms with Crippen LogP contribution >= 0.6 is 0 Å². The fourth-order valence-electron chi connectivity index (χ4n) is 8.63. The topological polar surface area (TPSA) is 167 Å². The Kier molecular flexibility index (Phi) is 8.88. The van der Waals surface area contributed by atoms with Gasteiger partial charge in [0.2, 0.25) is 0 Å². The van der Waals surface area contributed by atoms with E-state index in [-0.39, 0.29) is 42.0 Å². The molecule has 8 atom stereocenters. The smallest absolute Gasteiger partial charge is 0.407 e. The second-order valence-corrected chi connectivity index (χ2v) is 14.3. The van der Waals surface area contributed by atoms with Gasteiger partial charge in [-0.15, -0.1) is 0 Å². The average molecular weight is 637 g/mol. The highest BCUT2D eigenvalue weighted by Crippen LogP contribution is 2.79. The number of rotatable bonds is 13. The average Bonchev–Trinajstić information content (AvgIpc) is 3.86. The molecule has 3 aliphatic carbocycles. The first kappa shape index (κ1) is 32.5. The van der Waals surface area contributed by atoms with E-state index >= 15 is 0 Å². The molecule has 4 fully saturated rings. The first-order valence-electron chi connectivity index (χ1n) is 16.4. The van der Waals surface area contributed by atoms with E-state index in [0.29, 0.717) is 65.4 Å². The third kappa shape index (κ3) is 5.83. The fraction of sp³-hybridized carbons (Fsp3) is 0.844. The molecule has 2 unspecified atom stereocenters. The van der Waals surface area contributed by atoms with Gasteiger partial charge in [-0.3, -0.25) is 0 Å². The van der Waals surface area contributed by atoms with Crippen LogP contribution in [0.5, 0.6) is 0 Å². The number of aliphatic hydroxyl groups is 1. The van der Waals surface area contributed by atoms with Gasteiger partial charge in [-0.05, 0) is 76.7 Å². The normalized spacial score (nSPS) is 37.3. The van der Waals surface area contributed by atoms with Crippen molar-refractivity contribution in [2.24, 2.45) is 17.3 Å². The number of fused-ring (bicyclic) bond motifs is 2. The van der Waals surface area contributed by atoms with E-state index in [1.807, 2.05) is 0 Å². The molecule has 0 aromatic carbocycles. The lowest BCUT2D eigenvalue weighted by Crippen LogP contribution is -2.66. The zero-order chi connectivity index (χ0) is 32.0. The van der Waals surface area contributed by atoms with E-state index in [1.165, 1.54) is 0 Å². The minimum atomic E-state index is -0.687. The summed E-state index contributed by atoms with van der Waals surface area (Å²) in [5, 5.41) is 16.9. The molecule has 0 aromatic heterocycles. The van der Waals surface area contributed by atoms with Gasteiger partial charge < -0.3 is 48.9 Å². The second kappa shape index (κ2) is 12.3. The summed E-state index contributed by atoms with van der Waals surface area (Å²) in [6.45, 7) is 10.3. The molecule has 0 bridgehead atoms. The van der Waals surface area contributed by atoms with Crippen molar-refractivity contribution in [3.05, 3.63) is 11.1 Å². The van der Waals surface area contributed by atoms with Gasteiger partial charge in [0.25, 0.3) is 0 Å². The van der Waals surface area contributed by atoms with Gasteiger partial charge in [-0.1, -0.05) is 6.92 Å². The number of hydrogen-bond donors (Lipinski definition) is 3. The standard InChI is InChI=1S/C32H48N2O11/c1-29(2,3)45-28(38)34-10-13-40-15-14-39-12-9-33-27(37)41-11-5-6-19-16-24-32(44-24)30(4)8-7-20-21(18-42-26(20)36)22(30)17-23-31(32,43-23)25(19)35/h19,22-25,35H,5-18H2,1-4H3,(H,33,37)(H,34,38)/t19?,22?,23-,24-,25+,30-,31+,32+/m0/s1. The molecule has 3 aliphatic heterocycles. The Labute approximate surface area is 264 Å². The fourth-order valence-corrected chi connectivity index (χ4v) is 8.63. The van der Waals surface area contributed by atoms with Crippen molar-refractivity contribution in [2.45, 2.75) is 101 Å². The molecule has 13 nitrogen and oxygen atoms in total. The van der Waals surface area contributed by atoms with Crippen LogP contribution in [0.3, 0.4) is 0 Å². The summed E-state index contributed by atoms with van der Waals surface area (Å²) in [6, 6.07) is 0. The third-order valence-electron chi connectivity index (χ3n) is 10.6. The van der Waals surface area contributed by atoms with E-state index in [9.17, 15) is 19.5 Å². The minimum absolute atomic E-state index is 0.000838. The van der Waals surface area contributed by atoms with E-state index in [1.54, 1.807) is 20.8 Å². The van der Waals surface area contributed by atoms with Gasteiger partial charge >= 0.3 is 18.2 Å². The Bertz CT molecular complexity index is 1200. The maximum absolute atomic E-state index is 12.2. The Morgan fingerprint density at radius 1 is 0.978 bits per heavy atom. The number of esters is 1. The van der Waals surface area contributed by atoms with Crippen LogP contribution < -0.4 is 10.6 Å². The van der Waals surface area contributed by atoms with Crippen molar-refractivity contribution >= 4 is 18.2 Å². The van der Waals surface area contributed by atoms with Gasteiger partial charge in [0.15, 0.2) is 5.60 Å². The number of cyclic esters (lactones) is 1. The van der Waals surface area contributed by atoms with Crippen molar-refractivity contribution in [1.82, 2.24) is 10.6 Å². The summed E-state index contributed by atoms with van der Waals surface area (Å²) < 4.78 is 39.7. The van der Waals surface area contributed by atoms with Crippen LogP contribution in [0.15, 0.2) is 11.1 Å². The van der Waals surface area contributed by atoms with Crippen LogP contribution in [0.1, 0.15) is 66.2 Å². The summed E-state index contributed by atoms with van der Waals surface area (Å²) >= 11 is 0. The van der Waals surface area contributed by atoms with Crippen LogP contribution in [-0.4, -0.2) is 111 Å². The van der Waals surface area contributed by atoms with Gasteiger partial charge in [-0.25, -0.2) is 14.4 Å². The summed E-state index contributed by atoms with van der Waals surface area (Å²) in [7, 11) is 0. The molecule has 2 spiro atoms. The van der Waals surface area contributed by atoms with Crippen LogP contribution in [0, 0.1) is 17.3 Å². The molecule has 2 amide bonds. The van der Waals surface area contributed by atoms with Crippen LogP contribution in [-0.2, 0) is 38.0 Å². The van der Waals surface area contributed by atoms with Gasteiger partial charge in [0.1, 0.15) is 17.8 Å². The largest absolute Gasteiger partial charge is 0.458 e. The number of aliphatic hydroxyl groups excluding tert-OH is 1. The molecule has 6 aliphatic rings. The van der Waals surface area contributed by atoms with Gasteiger partial charge in [-0.2, -0.15) is 0 Å².